The Labute approximate surface area is 129 Å². The van der Waals surface area contributed by atoms with Crippen LogP contribution >= 0.6 is 15.9 Å². The van der Waals surface area contributed by atoms with Crippen LogP contribution in [0.3, 0.4) is 0 Å². The predicted octanol–water partition coefficient (Wildman–Crippen LogP) is 3.99. The number of anilines is 1. The molecule has 0 aliphatic rings. The lowest BCUT2D eigenvalue weighted by Gasteiger charge is -2.09. The number of hydrogen-bond donors (Lipinski definition) is 1. The molecule has 0 radical (unpaired) electrons. The number of nitro benzene ring substituents is 1. The second kappa shape index (κ2) is 7.03. The molecular weight excluding hydrogens is 343 g/mol. The van der Waals surface area contributed by atoms with Gasteiger partial charge in [-0.05, 0) is 46.3 Å². The molecule has 0 spiro atoms. The Morgan fingerprint density at radius 1 is 1.24 bits per heavy atom. The van der Waals surface area contributed by atoms with Gasteiger partial charge in [0.2, 0.25) is 0 Å². The lowest BCUT2D eigenvalue weighted by Crippen LogP contribution is -2.11. The number of non-ortho nitro benzene ring substituents is 1. The molecule has 5 nitrogen and oxygen atoms in total. The van der Waals surface area contributed by atoms with E-state index in [0.29, 0.717) is 23.4 Å². The number of benzene rings is 2. The van der Waals surface area contributed by atoms with Gasteiger partial charge in [-0.1, -0.05) is 0 Å². The normalized spacial score (nSPS) is 10.2. The quantitative estimate of drug-likeness (QED) is 0.484. The Morgan fingerprint density at radius 2 is 1.95 bits per heavy atom. The monoisotopic (exact) mass is 354 g/mol. The third kappa shape index (κ3) is 4.42. The van der Waals surface area contributed by atoms with Gasteiger partial charge in [0.05, 0.1) is 9.40 Å². The van der Waals surface area contributed by atoms with Crippen LogP contribution in [0.2, 0.25) is 0 Å². The lowest BCUT2D eigenvalue weighted by molar-refractivity contribution is -0.384. The van der Waals surface area contributed by atoms with E-state index in [0.717, 1.165) is 5.69 Å². The smallest absolute Gasteiger partial charge is 0.269 e. The summed E-state index contributed by atoms with van der Waals surface area (Å²) in [5, 5.41) is 13.6. The zero-order valence-electron chi connectivity index (χ0n) is 10.9. The molecule has 1 N–H and O–H groups in total. The number of nitrogens with zero attached hydrogens (tertiary/aromatic N) is 1. The van der Waals surface area contributed by atoms with Crippen molar-refractivity contribution in [1.29, 1.82) is 0 Å². The van der Waals surface area contributed by atoms with E-state index in [-0.39, 0.29) is 11.5 Å². The summed E-state index contributed by atoms with van der Waals surface area (Å²) in [5.41, 5.74) is 0.798. The molecule has 0 heterocycles. The van der Waals surface area contributed by atoms with Crippen molar-refractivity contribution in [1.82, 2.24) is 0 Å². The van der Waals surface area contributed by atoms with Crippen molar-refractivity contribution in [2.75, 3.05) is 18.5 Å². The molecule has 2 rings (SSSR count). The van der Waals surface area contributed by atoms with Crippen molar-refractivity contribution >= 4 is 27.3 Å². The number of ether oxygens (including phenoxy) is 1. The first-order valence-electron chi connectivity index (χ1n) is 6.12. The molecule has 0 bridgehead atoms. The number of rotatable bonds is 6. The van der Waals surface area contributed by atoms with Gasteiger partial charge in [-0.25, -0.2) is 4.39 Å². The van der Waals surface area contributed by atoms with Crippen LogP contribution in [0.25, 0.3) is 0 Å². The third-order valence-electron chi connectivity index (χ3n) is 2.67. The van der Waals surface area contributed by atoms with Gasteiger partial charge >= 0.3 is 0 Å². The first kappa shape index (κ1) is 15.2. The predicted molar refractivity (Wildman–Crippen MR) is 81.2 cm³/mol. The molecule has 0 saturated carbocycles. The average molecular weight is 355 g/mol. The maximum Gasteiger partial charge on any atom is 0.269 e. The van der Waals surface area contributed by atoms with Crippen LogP contribution in [-0.2, 0) is 0 Å². The largest absolute Gasteiger partial charge is 0.492 e. The minimum Gasteiger partial charge on any atom is -0.492 e. The lowest BCUT2D eigenvalue weighted by atomic mass is 10.3. The fourth-order valence-electron chi connectivity index (χ4n) is 1.63. The molecule has 0 amide bonds. The molecule has 0 saturated heterocycles. The summed E-state index contributed by atoms with van der Waals surface area (Å²) in [6.07, 6.45) is 0. The Kier molecular flexibility index (Phi) is 5.10. The standard InChI is InChI=1S/C14H12BrFN2O3/c15-13-9-10(1-6-14(13)16)17-7-8-21-12-4-2-11(3-5-12)18(19)20/h1-6,9,17H,7-8H2. The summed E-state index contributed by atoms with van der Waals surface area (Å²) in [4.78, 5) is 10.0. The van der Waals surface area contributed by atoms with Gasteiger partial charge in [-0.2, -0.15) is 0 Å². The minimum atomic E-state index is -0.461. The summed E-state index contributed by atoms with van der Waals surface area (Å²) in [5.74, 6) is 0.241. The van der Waals surface area contributed by atoms with Gasteiger partial charge in [0.1, 0.15) is 18.2 Å². The SMILES string of the molecule is O=[N+]([O-])c1ccc(OCCNc2ccc(F)c(Br)c2)cc1. The highest BCUT2D eigenvalue weighted by molar-refractivity contribution is 9.10. The second-order valence-corrected chi connectivity index (χ2v) is 5.01. The second-order valence-electron chi connectivity index (χ2n) is 4.16. The molecule has 0 aromatic heterocycles. The highest BCUT2D eigenvalue weighted by Crippen LogP contribution is 2.20. The van der Waals surface area contributed by atoms with E-state index >= 15 is 0 Å². The molecular formula is C14H12BrFN2O3. The molecule has 0 atom stereocenters. The van der Waals surface area contributed by atoms with Crippen LogP contribution < -0.4 is 10.1 Å². The van der Waals surface area contributed by atoms with Crippen molar-refractivity contribution in [3.8, 4) is 5.75 Å². The van der Waals surface area contributed by atoms with Crippen LogP contribution in [0, 0.1) is 15.9 Å². The molecule has 0 aliphatic heterocycles. The first-order valence-corrected chi connectivity index (χ1v) is 6.92. The van der Waals surface area contributed by atoms with E-state index in [2.05, 4.69) is 21.2 Å². The zero-order valence-corrected chi connectivity index (χ0v) is 12.5. The van der Waals surface area contributed by atoms with Crippen LogP contribution in [-0.4, -0.2) is 18.1 Å². The summed E-state index contributed by atoms with van der Waals surface area (Å²) in [6, 6.07) is 10.5. The average Bonchev–Trinajstić information content (AvgIpc) is 2.47. The van der Waals surface area contributed by atoms with Crippen molar-refractivity contribution < 1.29 is 14.1 Å². The topological polar surface area (TPSA) is 64.4 Å². The van der Waals surface area contributed by atoms with Crippen molar-refractivity contribution in [2.45, 2.75) is 0 Å². The zero-order chi connectivity index (χ0) is 15.2. The van der Waals surface area contributed by atoms with Gasteiger partial charge in [0, 0.05) is 24.4 Å². The molecule has 21 heavy (non-hydrogen) atoms. The van der Waals surface area contributed by atoms with Crippen LogP contribution in [0.4, 0.5) is 15.8 Å². The van der Waals surface area contributed by atoms with Crippen LogP contribution in [0.15, 0.2) is 46.9 Å². The molecule has 0 unspecified atom stereocenters. The summed E-state index contributed by atoms with van der Waals surface area (Å²) in [6.45, 7) is 0.905. The molecule has 2 aromatic carbocycles. The first-order chi connectivity index (χ1) is 10.1. The van der Waals surface area contributed by atoms with E-state index < -0.39 is 4.92 Å². The molecule has 0 fully saturated rings. The Bertz CT molecular complexity index is 635. The minimum absolute atomic E-state index is 0.0247. The molecule has 0 aliphatic carbocycles. The van der Waals surface area contributed by atoms with Gasteiger partial charge in [-0.15, -0.1) is 0 Å². The Balaban J connectivity index is 1.79. The van der Waals surface area contributed by atoms with Crippen LogP contribution in [0.5, 0.6) is 5.75 Å². The fourth-order valence-corrected chi connectivity index (χ4v) is 2.01. The number of hydrogen-bond acceptors (Lipinski definition) is 4. The van der Waals surface area contributed by atoms with Gasteiger partial charge < -0.3 is 10.1 Å². The highest BCUT2D eigenvalue weighted by atomic mass is 79.9. The van der Waals surface area contributed by atoms with Crippen molar-refractivity contribution in [3.05, 3.63) is 62.9 Å². The molecule has 2 aromatic rings. The van der Waals surface area contributed by atoms with E-state index in [1.165, 1.54) is 18.2 Å². The highest BCUT2D eigenvalue weighted by Gasteiger charge is 2.04. The molecule has 7 heteroatoms. The Hall–Kier alpha value is -2.15. The van der Waals surface area contributed by atoms with Gasteiger partial charge in [-0.3, -0.25) is 10.1 Å². The van der Waals surface area contributed by atoms with Crippen LogP contribution in [0.1, 0.15) is 0 Å². The van der Waals surface area contributed by atoms with Crippen molar-refractivity contribution in [2.24, 2.45) is 0 Å². The maximum atomic E-state index is 13.1. The Morgan fingerprint density at radius 3 is 2.57 bits per heavy atom. The summed E-state index contributed by atoms with van der Waals surface area (Å²) < 4.78 is 18.9. The molecule has 110 valence electrons. The maximum absolute atomic E-state index is 13.1. The fraction of sp³-hybridized carbons (Fsp3) is 0.143. The number of nitrogens with one attached hydrogen (secondary N) is 1. The van der Waals surface area contributed by atoms with E-state index in [1.807, 2.05) is 0 Å². The third-order valence-corrected chi connectivity index (χ3v) is 3.27. The van der Waals surface area contributed by atoms with E-state index in [9.17, 15) is 14.5 Å². The van der Waals surface area contributed by atoms with Gasteiger partial charge in [0.25, 0.3) is 5.69 Å². The summed E-state index contributed by atoms with van der Waals surface area (Å²) in [7, 11) is 0. The number of halogens is 2. The van der Waals surface area contributed by atoms with E-state index in [1.54, 1.807) is 24.3 Å². The van der Waals surface area contributed by atoms with Gasteiger partial charge in [0.15, 0.2) is 0 Å². The summed E-state index contributed by atoms with van der Waals surface area (Å²) >= 11 is 3.11. The van der Waals surface area contributed by atoms with E-state index in [4.69, 9.17) is 4.74 Å². The number of nitro groups is 1. The van der Waals surface area contributed by atoms with Crippen molar-refractivity contribution in [3.63, 3.8) is 0 Å².